The van der Waals surface area contributed by atoms with Crippen molar-refractivity contribution in [3.8, 4) is 17.2 Å². The zero-order chi connectivity index (χ0) is 20.4. The average molecular weight is 431 g/mol. The molecule has 0 atom stereocenters. The Balaban J connectivity index is 1.44. The molecule has 0 unspecified atom stereocenters. The van der Waals surface area contributed by atoms with E-state index >= 15 is 0 Å². The van der Waals surface area contributed by atoms with Gasteiger partial charge in [-0.1, -0.05) is 11.8 Å². The molecule has 0 radical (unpaired) electrons. The molecule has 4 rings (SSSR count). The number of fused-ring (bicyclic) bond motifs is 2. The number of nitrogens with one attached hydrogen (secondary N) is 1. The van der Waals surface area contributed by atoms with Crippen molar-refractivity contribution in [1.82, 2.24) is 4.98 Å². The summed E-state index contributed by atoms with van der Waals surface area (Å²) in [7, 11) is 0. The molecule has 1 amide bonds. The van der Waals surface area contributed by atoms with E-state index in [1.165, 1.54) is 30.0 Å². The lowest BCUT2D eigenvalue weighted by atomic mass is 10.1. The number of ether oxygens (including phenoxy) is 3. The molecule has 1 N–H and O–H groups in total. The van der Waals surface area contributed by atoms with Gasteiger partial charge in [0.25, 0.3) is 0 Å². The van der Waals surface area contributed by atoms with Crippen LogP contribution in [0, 0.1) is 0 Å². The van der Waals surface area contributed by atoms with Gasteiger partial charge in [0.05, 0.1) is 28.3 Å². The second-order valence-corrected chi connectivity index (χ2v) is 8.44. The van der Waals surface area contributed by atoms with Gasteiger partial charge in [-0.25, -0.2) is 4.98 Å². The fourth-order valence-corrected chi connectivity index (χ4v) is 4.75. The number of hydrogen-bond donors (Lipinski definition) is 1. The monoisotopic (exact) mass is 430 g/mol. The number of thioether (sulfide) groups is 1. The Hall–Kier alpha value is -2.78. The summed E-state index contributed by atoms with van der Waals surface area (Å²) in [5, 5.41) is 2.79. The van der Waals surface area contributed by atoms with Gasteiger partial charge in [-0.05, 0) is 38.1 Å². The lowest BCUT2D eigenvalue weighted by Gasteiger charge is -2.10. The molecule has 7 nitrogen and oxygen atoms in total. The van der Waals surface area contributed by atoms with Crippen LogP contribution in [-0.2, 0) is 4.79 Å². The number of Topliss-reactive ketones (excluding diaryl/α,β-unsaturated/α-hetero) is 1. The summed E-state index contributed by atoms with van der Waals surface area (Å²) in [6.45, 7) is 4.09. The number of aromatic nitrogens is 1. The van der Waals surface area contributed by atoms with Crippen LogP contribution >= 0.6 is 23.1 Å². The third kappa shape index (κ3) is 4.30. The van der Waals surface area contributed by atoms with Crippen molar-refractivity contribution >= 4 is 50.7 Å². The van der Waals surface area contributed by atoms with Crippen LogP contribution in [0.3, 0.4) is 0 Å². The second-order valence-electron chi connectivity index (χ2n) is 6.19. The van der Waals surface area contributed by atoms with Crippen molar-refractivity contribution in [3.05, 3.63) is 35.9 Å². The molecule has 2 aromatic carbocycles. The standard InChI is InChI=1S/C20H18N2O5S2/c1-3-25-12-4-5-14-18(6-12)29-20(22-14)28-9-19(24)21-15-8-17-16(26-10-27-17)7-13(15)11(2)23/h4-8H,3,9-10H2,1-2H3,(H,21,24). The lowest BCUT2D eigenvalue weighted by molar-refractivity contribution is -0.113. The summed E-state index contributed by atoms with van der Waals surface area (Å²) in [6.07, 6.45) is 0. The molecular formula is C20H18N2O5S2. The smallest absolute Gasteiger partial charge is 0.234 e. The molecule has 29 heavy (non-hydrogen) atoms. The number of thiazole rings is 1. The Morgan fingerprint density at radius 3 is 2.79 bits per heavy atom. The minimum absolute atomic E-state index is 0.0997. The van der Waals surface area contributed by atoms with E-state index in [1.54, 1.807) is 12.1 Å². The molecule has 0 fully saturated rings. The van der Waals surface area contributed by atoms with Gasteiger partial charge in [-0.15, -0.1) is 11.3 Å². The maximum Gasteiger partial charge on any atom is 0.234 e. The minimum Gasteiger partial charge on any atom is -0.494 e. The zero-order valence-electron chi connectivity index (χ0n) is 15.8. The van der Waals surface area contributed by atoms with E-state index in [9.17, 15) is 9.59 Å². The molecule has 3 aromatic rings. The van der Waals surface area contributed by atoms with Crippen LogP contribution in [0.4, 0.5) is 5.69 Å². The van der Waals surface area contributed by atoms with Gasteiger partial charge in [0, 0.05) is 11.6 Å². The molecule has 0 saturated heterocycles. The number of benzene rings is 2. The Kier molecular flexibility index (Phi) is 5.59. The van der Waals surface area contributed by atoms with Gasteiger partial charge < -0.3 is 19.5 Å². The molecule has 0 spiro atoms. The number of carbonyl (C=O) groups is 2. The SMILES string of the molecule is CCOc1ccc2nc(SCC(=O)Nc3cc4c(cc3C(C)=O)OCO4)sc2c1. The molecule has 1 aliphatic rings. The topological polar surface area (TPSA) is 86.8 Å². The first-order chi connectivity index (χ1) is 14.0. The van der Waals surface area contributed by atoms with Crippen LogP contribution in [0.1, 0.15) is 24.2 Å². The number of nitrogens with zero attached hydrogens (tertiary/aromatic N) is 1. The van der Waals surface area contributed by atoms with E-state index in [0.717, 1.165) is 20.3 Å². The van der Waals surface area contributed by atoms with Crippen molar-refractivity contribution in [2.45, 2.75) is 18.2 Å². The molecule has 2 heterocycles. The van der Waals surface area contributed by atoms with Crippen LogP contribution in [-0.4, -0.2) is 35.8 Å². The van der Waals surface area contributed by atoms with Gasteiger partial charge in [0.1, 0.15) is 5.75 Å². The molecular weight excluding hydrogens is 412 g/mol. The summed E-state index contributed by atoms with van der Waals surface area (Å²) in [6, 6.07) is 8.96. The average Bonchev–Trinajstić information content (AvgIpc) is 3.31. The number of carbonyl (C=O) groups excluding carboxylic acids is 2. The number of anilines is 1. The lowest BCUT2D eigenvalue weighted by Crippen LogP contribution is -2.16. The van der Waals surface area contributed by atoms with E-state index in [2.05, 4.69) is 10.3 Å². The van der Waals surface area contributed by atoms with E-state index < -0.39 is 0 Å². The van der Waals surface area contributed by atoms with Gasteiger partial charge in [-0.3, -0.25) is 9.59 Å². The van der Waals surface area contributed by atoms with E-state index in [-0.39, 0.29) is 24.2 Å². The van der Waals surface area contributed by atoms with Crippen LogP contribution in [0.15, 0.2) is 34.7 Å². The van der Waals surface area contributed by atoms with Gasteiger partial charge in [0.15, 0.2) is 21.6 Å². The summed E-state index contributed by atoms with van der Waals surface area (Å²) in [5.74, 6) is 1.59. The Bertz CT molecular complexity index is 1100. The van der Waals surface area contributed by atoms with E-state index in [1.807, 2.05) is 25.1 Å². The number of amides is 1. The highest BCUT2D eigenvalue weighted by Gasteiger charge is 2.20. The molecule has 0 bridgehead atoms. The van der Waals surface area contributed by atoms with Crippen LogP contribution in [0.5, 0.6) is 17.2 Å². The quantitative estimate of drug-likeness (QED) is 0.440. The van der Waals surface area contributed by atoms with Gasteiger partial charge >= 0.3 is 0 Å². The Labute approximate surface area is 175 Å². The predicted octanol–water partition coefficient (Wildman–Crippen LogP) is 4.36. The Morgan fingerprint density at radius 1 is 1.24 bits per heavy atom. The number of hydrogen-bond acceptors (Lipinski definition) is 8. The van der Waals surface area contributed by atoms with Gasteiger partial charge in [0.2, 0.25) is 12.7 Å². The minimum atomic E-state index is -0.231. The summed E-state index contributed by atoms with van der Waals surface area (Å²) in [4.78, 5) is 28.9. The third-order valence-electron chi connectivity index (χ3n) is 4.14. The highest BCUT2D eigenvalue weighted by atomic mass is 32.2. The van der Waals surface area contributed by atoms with Crippen molar-refractivity contribution < 1.29 is 23.8 Å². The van der Waals surface area contributed by atoms with Crippen LogP contribution < -0.4 is 19.5 Å². The molecule has 1 aromatic heterocycles. The van der Waals surface area contributed by atoms with Crippen LogP contribution in [0.2, 0.25) is 0 Å². The molecule has 150 valence electrons. The van der Waals surface area contributed by atoms with Crippen molar-refractivity contribution in [3.63, 3.8) is 0 Å². The molecule has 1 aliphatic heterocycles. The predicted molar refractivity (Wildman–Crippen MR) is 113 cm³/mol. The number of ketones is 1. The molecule has 0 aliphatic carbocycles. The highest BCUT2D eigenvalue weighted by molar-refractivity contribution is 8.01. The summed E-state index contributed by atoms with van der Waals surface area (Å²) >= 11 is 2.86. The normalized spacial score (nSPS) is 12.2. The fraction of sp³-hybridized carbons (Fsp3) is 0.250. The maximum atomic E-state index is 12.5. The van der Waals surface area contributed by atoms with Crippen molar-refractivity contribution in [2.24, 2.45) is 0 Å². The van der Waals surface area contributed by atoms with E-state index in [4.69, 9.17) is 14.2 Å². The Morgan fingerprint density at radius 2 is 2.03 bits per heavy atom. The maximum absolute atomic E-state index is 12.5. The first-order valence-electron chi connectivity index (χ1n) is 8.94. The largest absolute Gasteiger partial charge is 0.494 e. The van der Waals surface area contributed by atoms with E-state index in [0.29, 0.717) is 29.4 Å². The first kappa shape index (κ1) is 19.5. The number of rotatable bonds is 7. The first-order valence-corrected chi connectivity index (χ1v) is 10.7. The molecule has 0 saturated carbocycles. The molecule has 9 heteroatoms. The third-order valence-corrected chi connectivity index (χ3v) is 6.31. The van der Waals surface area contributed by atoms with Crippen LogP contribution in [0.25, 0.3) is 10.2 Å². The van der Waals surface area contributed by atoms with Crippen molar-refractivity contribution in [1.29, 1.82) is 0 Å². The highest BCUT2D eigenvalue weighted by Crippen LogP contribution is 2.37. The zero-order valence-corrected chi connectivity index (χ0v) is 17.4. The fourth-order valence-electron chi connectivity index (χ4n) is 2.85. The summed E-state index contributed by atoms with van der Waals surface area (Å²) < 4.78 is 17.9. The second kappa shape index (κ2) is 8.30. The van der Waals surface area contributed by atoms with Gasteiger partial charge in [-0.2, -0.15) is 0 Å². The summed E-state index contributed by atoms with van der Waals surface area (Å²) in [5.41, 5.74) is 1.67. The van der Waals surface area contributed by atoms with Crippen molar-refractivity contribution in [2.75, 3.05) is 24.5 Å².